The Bertz CT molecular complexity index is 416. The minimum absolute atomic E-state index is 0.0700. The average Bonchev–Trinajstić information content (AvgIpc) is 2.87. The van der Waals surface area contributed by atoms with Crippen molar-refractivity contribution in [1.82, 2.24) is 10.2 Å². The molecule has 0 aliphatic carbocycles. The lowest BCUT2D eigenvalue weighted by Gasteiger charge is -2.25. The molecule has 1 fully saturated rings. The van der Waals surface area contributed by atoms with E-state index >= 15 is 0 Å². The SMILES string of the molecule is CC(C)C(=O)N[C@@H]1CCN([C@@H](C)c2ccccc2)C1. The Labute approximate surface area is 116 Å². The van der Waals surface area contributed by atoms with Gasteiger partial charge < -0.3 is 5.32 Å². The van der Waals surface area contributed by atoms with Crippen LogP contribution in [0.25, 0.3) is 0 Å². The normalized spacial score (nSPS) is 21.6. The number of benzene rings is 1. The highest BCUT2D eigenvalue weighted by atomic mass is 16.1. The molecule has 0 bridgehead atoms. The van der Waals surface area contributed by atoms with Gasteiger partial charge in [-0.05, 0) is 18.9 Å². The first-order valence-corrected chi connectivity index (χ1v) is 7.17. The molecule has 1 aromatic carbocycles. The summed E-state index contributed by atoms with van der Waals surface area (Å²) in [5.74, 6) is 0.236. The molecule has 1 aliphatic heterocycles. The Morgan fingerprint density at radius 1 is 1.26 bits per heavy atom. The first kappa shape index (κ1) is 14.1. The van der Waals surface area contributed by atoms with Crippen LogP contribution in [0.1, 0.15) is 38.8 Å². The first-order valence-electron chi connectivity index (χ1n) is 7.17. The highest BCUT2D eigenvalue weighted by Gasteiger charge is 2.27. The second kappa shape index (κ2) is 6.20. The maximum absolute atomic E-state index is 11.7. The maximum atomic E-state index is 11.7. The molecule has 1 saturated heterocycles. The Morgan fingerprint density at radius 3 is 2.58 bits per heavy atom. The van der Waals surface area contributed by atoms with Gasteiger partial charge in [-0.3, -0.25) is 9.69 Å². The van der Waals surface area contributed by atoms with Gasteiger partial charge in [-0.1, -0.05) is 44.2 Å². The zero-order valence-corrected chi connectivity index (χ0v) is 12.1. The Morgan fingerprint density at radius 2 is 1.95 bits per heavy atom. The third kappa shape index (κ3) is 3.57. The molecule has 0 unspecified atom stereocenters. The monoisotopic (exact) mass is 260 g/mol. The van der Waals surface area contributed by atoms with Crippen molar-refractivity contribution in [2.45, 2.75) is 39.3 Å². The largest absolute Gasteiger partial charge is 0.352 e. The third-order valence-corrected chi connectivity index (χ3v) is 3.92. The summed E-state index contributed by atoms with van der Waals surface area (Å²) in [5, 5.41) is 3.13. The van der Waals surface area contributed by atoms with Crippen LogP contribution < -0.4 is 5.32 Å². The lowest BCUT2D eigenvalue weighted by atomic mass is 10.1. The fourth-order valence-electron chi connectivity index (χ4n) is 2.57. The van der Waals surface area contributed by atoms with Gasteiger partial charge in [0.15, 0.2) is 0 Å². The summed E-state index contributed by atoms with van der Waals surface area (Å²) in [5.41, 5.74) is 1.35. The number of nitrogens with zero attached hydrogens (tertiary/aromatic N) is 1. The molecule has 0 saturated carbocycles. The summed E-state index contributed by atoms with van der Waals surface area (Å²) in [7, 11) is 0. The number of carbonyl (C=O) groups excluding carboxylic acids is 1. The summed E-state index contributed by atoms with van der Waals surface area (Å²) in [6, 6.07) is 11.3. The number of hydrogen-bond acceptors (Lipinski definition) is 2. The summed E-state index contributed by atoms with van der Waals surface area (Å²) < 4.78 is 0. The van der Waals surface area contributed by atoms with E-state index in [-0.39, 0.29) is 11.8 Å². The van der Waals surface area contributed by atoms with Crippen LogP contribution in [0.2, 0.25) is 0 Å². The van der Waals surface area contributed by atoms with Crippen molar-refractivity contribution in [3.8, 4) is 0 Å². The molecule has 1 heterocycles. The molecule has 1 aliphatic rings. The van der Waals surface area contributed by atoms with Crippen molar-refractivity contribution < 1.29 is 4.79 Å². The van der Waals surface area contributed by atoms with Gasteiger partial charge in [0, 0.05) is 31.1 Å². The van der Waals surface area contributed by atoms with Crippen LogP contribution >= 0.6 is 0 Å². The molecule has 19 heavy (non-hydrogen) atoms. The second-order valence-electron chi connectivity index (χ2n) is 5.73. The summed E-state index contributed by atoms with van der Waals surface area (Å²) in [4.78, 5) is 14.2. The van der Waals surface area contributed by atoms with Gasteiger partial charge in [-0.25, -0.2) is 0 Å². The minimum atomic E-state index is 0.0700. The highest BCUT2D eigenvalue weighted by Crippen LogP contribution is 2.24. The molecule has 1 amide bonds. The quantitative estimate of drug-likeness (QED) is 0.902. The van der Waals surface area contributed by atoms with E-state index in [2.05, 4.69) is 41.4 Å². The van der Waals surface area contributed by atoms with Gasteiger partial charge in [0.25, 0.3) is 0 Å². The Balaban J connectivity index is 1.90. The van der Waals surface area contributed by atoms with Crippen LogP contribution in [0, 0.1) is 5.92 Å². The fourth-order valence-corrected chi connectivity index (χ4v) is 2.57. The van der Waals surface area contributed by atoms with Crippen LogP contribution in [0.4, 0.5) is 0 Å². The number of carbonyl (C=O) groups is 1. The number of rotatable bonds is 4. The molecule has 1 aromatic rings. The van der Waals surface area contributed by atoms with E-state index in [0.29, 0.717) is 12.1 Å². The molecular weight excluding hydrogens is 236 g/mol. The smallest absolute Gasteiger partial charge is 0.222 e. The zero-order valence-electron chi connectivity index (χ0n) is 12.1. The van der Waals surface area contributed by atoms with E-state index in [1.165, 1.54) is 5.56 Å². The minimum Gasteiger partial charge on any atom is -0.352 e. The van der Waals surface area contributed by atoms with Gasteiger partial charge in [-0.2, -0.15) is 0 Å². The molecule has 0 aromatic heterocycles. The van der Waals surface area contributed by atoms with Crippen LogP contribution in [-0.2, 0) is 4.79 Å². The molecule has 2 rings (SSSR count). The van der Waals surface area contributed by atoms with Crippen LogP contribution in [-0.4, -0.2) is 29.9 Å². The molecule has 0 spiro atoms. The molecule has 2 atom stereocenters. The van der Waals surface area contributed by atoms with Crippen molar-refractivity contribution in [1.29, 1.82) is 0 Å². The Hall–Kier alpha value is -1.35. The van der Waals surface area contributed by atoms with Gasteiger partial charge in [-0.15, -0.1) is 0 Å². The van der Waals surface area contributed by atoms with Crippen molar-refractivity contribution in [2.24, 2.45) is 5.92 Å². The van der Waals surface area contributed by atoms with Crippen molar-refractivity contribution >= 4 is 5.91 Å². The van der Waals surface area contributed by atoms with Crippen molar-refractivity contribution in [2.75, 3.05) is 13.1 Å². The molecule has 1 N–H and O–H groups in total. The number of hydrogen-bond donors (Lipinski definition) is 1. The maximum Gasteiger partial charge on any atom is 0.222 e. The second-order valence-corrected chi connectivity index (χ2v) is 5.73. The number of amides is 1. The lowest BCUT2D eigenvalue weighted by Crippen LogP contribution is -2.39. The van der Waals surface area contributed by atoms with E-state index in [1.807, 2.05) is 19.9 Å². The molecule has 3 nitrogen and oxygen atoms in total. The van der Waals surface area contributed by atoms with Crippen molar-refractivity contribution in [3.63, 3.8) is 0 Å². The molecule has 3 heteroatoms. The summed E-state index contributed by atoms with van der Waals surface area (Å²) in [6.07, 6.45) is 1.05. The highest BCUT2D eigenvalue weighted by molar-refractivity contribution is 5.78. The third-order valence-electron chi connectivity index (χ3n) is 3.92. The Kier molecular flexibility index (Phi) is 4.59. The van der Waals surface area contributed by atoms with Crippen LogP contribution in [0.5, 0.6) is 0 Å². The van der Waals surface area contributed by atoms with Gasteiger partial charge in [0.2, 0.25) is 5.91 Å². The topological polar surface area (TPSA) is 32.3 Å². The van der Waals surface area contributed by atoms with Gasteiger partial charge in [0.1, 0.15) is 0 Å². The van der Waals surface area contributed by atoms with E-state index < -0.39 is 0 Å². The summed E-state index contributed by atoms with van der Waals surface area (Å²) in [6.45, 7) is 8.12. The van der Waals surface area contributed by atoms with Crippen LogP contribution in [0.15, 0.2) is 30.3 Å². The average molecular weight is 260 g/mol. The van der Waals surface area contributed by atoms with Gasteiger partial charge >= 0.3 is 0 Å². The number of nitrogens with one attached hydrogen (secondary N) is 1. The zero-order chi connectivity index (χ0) is 13.8. The first-order chi connectivity index (χ1) is 9.08. The van der Waals surface area contributed by atoms with Crippen molar-refractivity contribution in [3.05, 3.63) is 35.9 Å². The summed E-state index contributed by atoms with van der Waals surface area (Å²) >= 11 is 0. The lowest BCUT2D eigenvalue weighted by molar-refractivity contribution is -0.124. The predicted molar refractivity (Wildman–Crippen MR) is 77.8 cm³/mol. The van der Waals surface area contributed by atoms with Crippen LogP contribution in [0.3, 0.4) is 0 Å². The van der Waals surface area contributed by atoms with E-state index in [9.17, 15) is 4.79 Å². The van der Waals surface area contributed by atoms with E-state index in [4.69, 9.17) is 0 Å². The molecule has 0 radical (unpaired) electrons. The molecule has 104 valence electrons. The van der Waals surface area contributed by atoms with E-state index in [0.717, 1.165) is 19.5 Å². The van der Waals surface area contributed by atoms with E-state index in [1.54, 1.807) is 0 Å². The standard InChI is InChI=1S/C16H24N2O/c1-12(2)16(19)17-15-9-10-18(11-15)13(3)14-7-5-4-6-8-14/h4-8,12-13,15H,9-11H2,1-3H3,(H,17,19)/t13-,15+/m0/s1. The van der Waals surface area contributed by atoms with Gasteiger partial charge in [0.05, 0.1) is 0 Å². The molecular formula is C16H24N2O. The fraction of sp³-hybridized carbons (Fsp3) is 0.562. The number of likely N-dealkylation sites (tertiary alicyclic amines) is 1. The predicted octanol–water partition coefficient (Wildman–Crippen LogP) is 2.59.